The van der Waals surface area contributed by atoms with Gasteiger partial charge in [0.05, 0.1) is 11.5 Å². The Morgan fingerprint density at radius 1 is 1.29 bits per heavy atom. The molecule has 0 saturated heterocycles. The molecule has 0 aliphatic carbocycles. The monoisotopic (exact) mass is 402 g/mol. The molecule has 1 aromatic heterocycles. The van der Waals surface area contributed by atoms with Gasteiger partial charge < -0.3 is 14.0 Å². The summed E-state index contributed by atoms with van der Waals surface area (Å²) in [5, 5.41) is 20.2. The lowest BCUT2D eigenvalue weighted by Gasteiger charge is -2.20. The third-order valence-electron chi connectivity index (χ3n) is 4.28. The molecule has 144 valence electrons. The van der Waals surface area contributed by atoms with Gasteiger partial charge in [-0.05, 0) is 24.3 Å². The number of hydrogen-bond acceptors (Lipinski definition) is 7. The summed E-state index contributed by atoms with van der Waals surface area (Å²) in [4.78, 5) is 10.8. The first-order valence-electron chi connectivity index (χ1n) is 8.32. The Morgan fingerprint density at radius 3 is 2.82 bits per heavy atom. The van der Waals surface area contributed by atoms with E-state index < -0.39 is 4.92 Å². The van der Waals surface area contributed by atoms with Gasteiger partial charge in [0.2, 0.25) is 0 Å². The third kappa shape index (κ3) is 3.56. The van der Waals surface area contributed by atoms with Gasteiger partial charge in [-0.15, -0.1) is 10.2 Å². The summed E-state index contributed by atoms with van der Waals surface area (Å²) in [6, 6.07) is 8.99. The van der Waals surface area contributed by atoms with Crippen molar-refractivity contribution < 1.29 is 18.8 Å². The largest absolute Gasteiger partial charge is 0.467 e. The van der Waals surface area contributed by atoms with Crippen molar-refractivity contribution in [3.63, 3.8) is 0 Å². The molecule has 8 nitrogen and oxygen atoms in total. The number of nitrogens with zero attached hydrogens (tertiary/aromatic N) is 4. The second-order valence-electron chi connectivity index (χ2n) is 6.12. The zero-order valence-corrected chi connectivity index (χ0v) is 15.6. The Morgan fingerprint density at radius 2 is 2.07 bits per heavy atom. The first-order chi connectivity index (χ1) is 13.5. The lowest BCUT2D eigenvalue weighted by molar-refractivity contribution is -0.385. The van der Waals surface area contributed by atoms with Crippen LogP contribution in [-0.4, -0.2) is 26.5 Å². The minimum atomic E-state index is -0.433. The average Bonchev–Trinajstić information content (AvgIpc) is 3.07. The van der Waals surface area contributed by atoms with Crippen LogP contribution in [0.5, 0.6) is 5.75 Å². The van der Waals surface area contributed by atoms with E-state index >= 15 is 0 Å². The van der Waals surface area contributed by atoms with E-state index in [9.17, 15) is 14.5 Å². The van der Waals surface area contributed by atoms with E-state index in [2.05, 4.69) is 10.2 Å². The van der Waals surface area contributed by atoms with Crippen LogP contribution in [0, 0.1) is 15.9 Å². The number of fused-ring (bicyclic) bond motifs is 1. The maximum absolute atomic E-state index is 13.1. The van der Waals surface area contributed by atoms with Gasteiger partial charge in [-0.3, -0.25) is 10.1 Å². The number of rotatable bonds is 5. The second-order valence-corrected chi connectivity index (χ2v) is 7.06. The van der Waals surface area contributed by atoms with Crippen molar-refractivity contribution in [1.29, 1.82) is 0 Å². The first kappa shape index (κ1) is 18.4. The van der Waals surface area contributed by atoms with Crippen molar-refractivity contribution >= 4 is 17.4 Å². The van der Waals surface area contributed by atoms with E-state index in [1.54, 1.807) is 16.7 Å². The molecule has 0 spiro atoms. The second kappa shape index (κ2) is 7.56. The summed E-state index contributed by atoms with van der Waals surface area (Å²) in [5.41, 5.74) is 2.09. The molecule has 0 amide bonds. The predicted octanol–water partition coefficient (Wildman–Crippen LogP) is 3.69. The Kier molecular flexibility index (Phi) is 4.97. The molecule has 10 heteroatoms. The van der Waals surface area contributed by atoms with Gasteiger partial charge in [-0.1, -0.05) is 11.8 Å². The zero-order valence-electron chi connectivity index (χ0n) is 14.8. The van der Waals surface area contributed by atoms with E-state index in [0.29, 0.717) is 33.6 Å². The van der Waals surface area contributed by atoms with Crippen LogP contribution < -0.4 is 4.74 Å². The van der Waals surface area contributed by atoms with E-state index in [1.807, 2.05) is 7.05 Å². The average molecular weight is 402 g/mol. The van der Waals surface area contributed by atoms with Crippen LogP contribution in [0.2, 0.25) is 0 Å². The predicted molar refractivity (Wildman–Crippen MR) is 99.3 cm³/mol. The number of non-ortho nitro benzene ring substituents is 1. The molecule has 0 unspecified atom stereocenters. The highest BCUT2D eigenvalue weighted by Crippen LogP contribution is 2.36. The Hall–Kier alpha value is -2.98. The van der Waals surface area contributed by atoms with Gasteiger partial charge in [0.25, 0.3) is 5.69 Å². The fourth-order valence-corrected chi connectivity index (χ4v) is 3.80. The fourth-order valence-electron chi connectivity index (χ4n) is 2.93. The molecule has 4 rings (SSSR count). The van der Waals surface area contributed by atoms with Crippen molar-refractivity contribution in [3.8, 4) is 17.1 Å². The Labute approximate surface area is 163 Å². The van der Waals surface area contributed by atoms with Gasteiger partial charge in [0, 0.05) is 41.6 Å². The van der Waals surface area contributed by atoms with E-state index in [4.69, 9.17) is 9.47 Å². The number of thioether (sulfide) groups is 1. The number of nitro groups is 1. The number of benzene rings is 2. The van der Waals surface area contributed by atoms with Gasteiger partial charge in [0.15, 0.2) is 17.8 Å². The van der Waals surface area contributed by atoms with Gasteiger partial charge in [0.1, 0.15) is 11.6 Å². The van der Waals surface area contributed by atoms with Crippen molar-refractivity contribution in [2.75, 3.05) is 6.79 Å². The summed E-state index contributed by atoms with van der Waals surface area (Å²) in [6.45, 7) is 0.383. The minimum Gasteiger partial charge on any atom is -0.467 e. The highest BCUT2D eigenvalue weighted by molar-refractivity contribution is 7.98. The van der Waals surface area contributed by atoms with Crippen LogP contribution >= 0.6 is 11.8 Å². The topological polar surface area (TPSA) is 92.3 Å². The third-order valence-corrected chi connectivity index (χ3v) is 5.35. The molecule has 3 aromatic rings. The highest BCUT2D eigenvalue weighted by atomic mass is 32.2. The lowest BCUT2D eigenvalue weighted by Crippen LogP contribution is -2.13. The molecule has 0 radical (unpaired) electrons. The van der Waals surface area contributed by atoms with Crippen LogP contribution in [0.15, 0.2) is 41.6 Å². The van der Waals surface area contributed by atoms with Crippen molar-refractivity contribution in [1.82, 2.24) is 14.8 Å². The molecule has 0 saturated carbocycles. The highest BCUT2D eigenvalue weighted by Gasteiger charge is 2.22. The molecule has 0 N–H and O–H groups in total. The first-order valence-corrected chi connectivity index (χ1v) is 9.30. The SMILES string of the molecule is Cn1c(SCc2cc([N+](=O)[O-])cc3c2OCOC3)nnc1-c1ccc(F)cc1. The zero-order chi connectivity index (χ0) is 19.7. The molecule has 28 heavy (non-hydrogen) atoms. The Balaban J connectivity index is 1.59. The molecule has 0 bridgehead atoms. The molecule has 0 atom stereocenters. The van der Waals surface area contributed by atoms with Crippen molar-refractivity contribution in [2.24, 2.45) is 7.05 Å². The van der Waals surface area contributed by atoms with Crippen LogP contribution in [0.1, 0.15) is 11.1 Å². The Bertz CT molecular complexity index is 1040. The van der Waals surface area contributed by atoms with Gasteiger partial charge >= 0.3 is 0 Å². The van der Waals surface area contributed by atoms with Gasteiger partial charge in [-0.25, -0.2) is 4.39 Å². The summed E-state index contributed by atoms with van der Waals surface area (Å²) in [7, 11) is 1.81. The number of aromatic nitrogens is 3. The van der Waals surface area contributed by atoms with Crippen molar-refractivity contribution in [3.05, 3.63) is 63.5 Å². The van der Waals surface area contributed by atoms with Crippen LogP contribution in [0.4, 0.5) is 10.1 Å². The maximum atomic E-state index is 13.1. The molecule has 1 aliphatic heterocycles. The summed E-state index contributed by atoms with van der Waals surface area (Å²) in [5.74, 6) is 1.32. The molecule has 2 aromatic carbocycles. The van der Waals surface area contributed by atoms with Crippen LogP contribution in [-0.2, 0) is 24.1 Å². The number of ether oxygens (including phenoxy) is 2. The maximum Gasteiger partial charge on any atom is 0.270 e. The smallest absolute Gasteiger partial charge is 0.270 e. The van der Waals surface area contributed by atoms with E-state index in [0.717, 1.165) is 5.56 Å². The normalized spacial score (nSPS) is 13.1. The van der Waals surface area contributed by atoms with E-state index in [1.165, 1.54) is 36.0 Å². The molecule has 2 heterocycles. The summed E-state index contributed by atoms with van der Waals surface area (Å²) < 4.78 is 25.7. The van der Waals surface area contributed by atoms with Crippen molar-refractivity contribution in [2.45, 2.75) is 17.5 Å². The number of halogens is 1. The fraction of sp³-hybridized carbons (Fsp3) is 0.222. The quantitative estimate of drug-likeness (QED) is 0.365. The molecule has 0 fully saturated rings. The molecular formula is C18H15FN4O4S. The van der Waals surface area contributed by atoms with E-state index in [-0.39, 0.29) is 24.9 Å². The van der Waals surface area contributed by atoms with Gasteiger partial charge in [-0.2, -0.15) is 0 Å². The number of nitro benzene ring substituents is 1. The van der Waals surface area contributed by atoms with Crippen LogP contribution in [0.3, 0.4) is 0 Å². The minimum absolute atomic E-state index is 0.00610. The van der Waals surface area contributed by atoms with Crippen LogP contribution in [0.25, 0.3) is 11.4 Å². The molecular weight excluding hydrogens is 387 g/mol. The molecule has 1 aliphatic rings. The lowest BCUT2D eigenvalue weighted by atomic mass is 10.1. The summed E-state index contributed by atoms with van der Waals surface area (Å²) >= 11 is 1.38. The number of hydrogen-bond donors (Lipinski definition) is 0. The standard InChI is InChI=1S/C18H15FN4O4S/c1-22-17(11-2-4-14(19)5-3-11)20-21-18(22)28-9-13-7-15(23(24)25)6-12-8-26-10-27-16(12)13/h2-7H,8-10H2,1H3. The summed E-state index contributed by atoms with van der Waals surface area (Å²) in [6.07, 6.45) is 0.